The van der Waals surface area contributed by atoms with E-state index in [4.69, 9.17) is 14.4 Å². The van der Waals surface area contributed by atoms with Crippen molar-refractivity contribution in [3.8, 4) is 11.4 Å². The van der Waals surface area contributed by atoms with Gasteiger partial charge in [0.1, 0.15) is 24.2 Å². The number of rotatable bonds is 6. The number of aldehydes is 1. The van der Waals surface area contributed by atoms with E-state index in [1.807, 2.05) is 31.3 Å². The summed E-state index contributed by atoms with van der Waals surface area (Å²) in [7, 11) is 0. The predicted molar refractivity (Wildman–Crippen MR) is 119 cm³/mol. The number of nitrogens with zero attached hydrogens (tertiary/aromatic N) is 5. The van der Waals surface area contributed by atoms with Crippen molar-refractivity contribution in [1.82, 2.24) is 19.5 Å². The number of aryl methyl sites for hydroxylation is 1. The summed E-state index contributed by atoms with van der Waals surface area (Å²) >= 11 is 0. The largest absolute Gasteiger partial charge is 0.449 e. The van der Waals surface area contributed by atoms with Crippen molar-refractivity contribution in [3.63, 3.8) is 0 Å². The molecule has 3 aromatic heterocycles. The van der Waals surface area contributed by atoms with Crippen LogP contribution in [0.25, 0.3) is 22.4 Å². The lowest BCUT2D eigenvalue weighted by molar-refractivity contribution is 0.112. The second-order valence-corrected chi connectivity index (χ2v) is 8.06. The van der Waals surface area contributed by atoms with Crippen molar-refractivity contribution in [3.05, 3.63) is 59.9 Å². The molecule has 1 aliphatic heterocycles. The quantitative estimate of drug-likeness (QED) is 0.432. The van der Waals surface area contributed by atoms with E-state index in [-0.39, 0.29) is 0 Å². The minimum Gasteiger partial charge on any atom is -0.449 e. The van der Waals surface area contributed by atoms with Crippen LogP contribution in [-0.2, 0) is 13.0 Å². The molecule has 1 unspecified atom stereocenters. The first kappa shape index (κ1) is 19.5. The van der Waals surface area contributed by atoms with Crippen molar-refractivity contribution >= 4 is 23.1 Å². The van der Waals surface area contributed by atoms with Crippen molar-refractivity contribution in [2.45, 2.75) is 45.7 Å². The average molecular weight is 415 g/mol. The number of oxazole rings is 1. The van der Waals surface area contributed by atoms with Crippen LogP contribution >= 0.6 is 0 Å². The maximum absolute atomic E-state index is 11.3. The lowest BCUT2D eigenvalue weighted by atomic mass is 10.2. The van der Waals surface area contributed by atoms with Crippen LogP contribution in [0, 0.1) is 0 Å². The molecule has 31 heavy (non-hydrogen) atoms. The third kappa shape index (κ3) is 3.60. The summed E-state index contributed by atoms with van der Waals surface area (Å²) in [4.78, 5) is 27.8. The van der Waals surface area contributed by atoms with E-state index < -0.39 is 0 Å². The number of carbonyl (C=O) groups is 1. The van der Waals surface area contributed by atoms with E-state index in [2.05, 4.69) is 33.5 Å². The lowest BCUT2D eigenvalue weighted by Gasteiger charge is -2.22. The van der Waals surface area contributed by atoms with Crippen LogP contribution < -0.4 is 4.90 Å². The van der Waals surface area contributed by atoms with Gasteiger partial charge in [0.15, 0.2) is 5.89 Å². The van der Waals surface area contributed by atoms with Gasteiger partial charge in [0.05, 0.1) is 23.3 Å². The number of hydrogen-bond acceptors (Lipinski definition) is 6. The number of pyridine rings is 1. The maximum Gasteiger partial charge on any atom is 0.193 e. The molecule has 0 bridgehead atoms. The van der Waals surface area contributed by atoms with E-state index in [0.717, 1.165) is 59.1 Å². The van der Waals surface area contributed by atoms with Gasteiger partial charge in [0.25, 0.3) is 0 Å². The standard InChI is InChI=1S/C24H25N5O2/c1-3-23-26-19(15-31-23)13-29-21-8-6-17(14-30)11-20(21)27-24(29)18-7-9-22(25-12-18)28-10-4-5-16(28)2/h6-9,11-12,14-16H,3-5,10,13H2,1-2H3. The Balaban J connectivity index is 1.57. The Hall–Kier alpha value is -3.48. The Kier molecular flexibility index (Phi) is 5.02. The zero-order chi connectivity index (χ0) is 21.4. The van der Waals surface area contributed by atoms with Gasteiger partial charge in [0.2, 0.25) is 0 Å². The highest BCUT2D eigenvalue weighted by Crippen LogP contribution is 2.29. The van der Waals surface area contributed by atoms with Gasteiger partial charge in [-0.25, -0.2) is 15.0 Å². The van der Waals surface area contributed by atoms with Gasteiger partial charge in [-0.05, 0) is 50.1 Å². The molecular formula is C24H25N5O2. The molecule has 0 aliphatic carbocycles. The van der Waals surface area contributed by atoms with Crippen LogP contribution in [0.15, 0.2) is 47.2 Å². The van der Waals surface area contributed by atoms with E-state index in [1.165, 1.54) is 12.8 Å². The molecule has 5 rings (SSSR count). The molecule has 4 aromatic rings. The summed E-state index contributed by atoms with van der Waals surface area (Å²) < 4.78 is 7.64. The number of imidazole rings is 1. The average Bonchev–Trinajstić information content (AvgIpc) is 3.52. The first-order valence-electron chi connectivity index (χ1n) is 10.8. The number of aromatic nitrogens is 4. The number of anilines is 1. The monoisotopic (exact) mass is 415 g/mol. The van der Waals surface area contributed by atoms with E-state index in [1.54, 1.807) is 6.26 Å². The molecule has 0 spiro atoms. The molecule has 7 heteroatoms. The first-order valence-corrected chi connectivity index (χ1v) is 10.8. The second-order valence-electron chi connectivity index (χ2n) is 8.06. The lowest BCUT2D eigenvalue weighted by Crippen LogP contribution is -2.26. The van der Waals surface area contributed by atoms with Crippen LogP contribution in [0.5, 0.6) is 0 Å². The van der Waals surface area contributed by atoms with E-state index in [0.29, 0.717) is 18.2 Å². The van der Waals surface area contributed by atoms with E-state index in [9.17, 15) is 4.79 Å². The zero-order valence-electron chi connectivity index (χ0n) is 17.8. The highest BCUT2D eigenvalue weighted by molar-refractivity contribution is 5.87. The van der Waals surface area contributed by atoms with Crippen molar-refractivity contribution in [2.24, 2.45) is 0 Å². The molecular weight excluding hydrogens is 390 g/mol. The molecule has 0 amide bonds. The van der Waals surface area contributed by atoms with Crippen molar-refractivity contribution in [1.29, 1.82) is 0 Å². The highest BCUT2D eigenvalue weighted by Gasteiger charge is 2.22. The van der Waals surface area contributed by atoms with Gasteiger partial charge in [-0.3, -0.25) is 4.79 Å². The Morgan fingerprint density at radius 3 is 2.81 bits per heavy atom. The van der Waals surface area contributed by atoms with Gasteiger partial charge in [-0.15, -0.1) is 0 Å². The van der Waals surface area contributed by atoms with E-state index >= 15 is 0 Å². The number of hydrogen-bond donors (Lipinski definition) is 0. The molecule has 0 saturated carbocycles. The number of fused-ring (bicyclic) bond motifs is 1. The SMILES string of the molecule is CCc1nc(Cn2c(-c3ccc(N4CCCC4C)nc3)nc3cc(C=O)ccc32)co1. The molecule has 0 radical (unpaired) electrons. The molecule has 1 aromatic carbocycles. The summed E-state index contributed by atoms with van der Waals surface area (Å²) in [6, 6.07) is 10.2. The molecule has 0 N–H and O–H groups in total. The fourth-order valence-electron chi connectivity index (χ4n) is 4.31. The molecule has 1 saturated heterocycles. The van der Waals surface area contributed by atoms with Crippen LogP contribution in [-0.4, -0.2) is 38.4 Å². The summed E-state index contributed by atoms with van der Waals surface area (Å²) in [5, 5.41) is 0. The summed E-state index contributed by atoms with van der Waals surface area (Å²) in [5.74, 6) is 2.52. The summed E-state index contributed by atoms with van der Waals surface area (Å²) in [6.45, 7) is 5.84. The number of carbonyl (C=O) groups excluding carboxylic acids is 1. The molecule has 4 heterocycles. The molecule has 1 aliphatic rings. The molecule has 1 atom stereocenters. The van der Waals surface area contributed by atoms with Gasteiger partial charge >= 0.3 is 0 Å². The van der Waals surface area contributed by atoms with Crippen LogP contribution in [0.3, 0.4) is 0 Å². The molecule has 1 fully saturated rings. The van der Waals surface area contributed by atoms with Crippen LogP contribution in [0.1, 0.15) is 48.6 Å². The number of benzene rings is 1. The summed E-state index contributed by atoms with van der Waals surface area (Å²) in [6.07, 6.45) is 7.59. The third-order valence-electron chi connectivity index (χ3n) is 5.98. The van der Waals surface area contributed by atoms with Gasteiger partial charge in [0, 0.05) is 36.3 Å². The maximum atomic E-state index is 11.3. The fraction of sp³-hybridized carbons (Fsp3) is 0.333. The smallest absolute Gasteiger partial charge is 0.193 e. The topological polar surface area (TPSA) is 77.1 Å². The van der Waals surface area contributed by atoms with Gasteiger partial charge in [-0.1, -0.05) is 6.92 Å². The second kappa shape index (κ2) is 7.98. The van der Waals surface area contributed by atoms with Gasteiger partial charge in [-0.2, -0.15) is 0 Å². The highest BCUT2D eigenvalue weighted by atomic mass is 16.3. The zero-order valence-corrected chi connectivity index (χ0v) is 17.8. The Labute approximate surface area is 180 Å². The fourth-order valence-corrected chi connectivity index (χ4v) is 4.31. The Morgan fingerprint density at radius 2 is 2.13 bits per heavy atom. The van der Waals surface area contributed by atoms with Crippen LogP contribution in [0.2, 0.25) is 0 Å². The molecule has 158 valence electrons. The predicted octanol–water partition coefficient (Wildman–Crippen LogP) is 4.50. The van der Waals surface area contributed by atoms with Crippen molar-refractivity contribution in [2.75, 3.05) is 11.4 Å². The third-order valence-corrected chi connectivity index (χ3v) is 5.98. The minimum absolute atomic E-state index is 0.518. The van der Waals surface area contributed by atoms with Crippen molar-refractivity contribution < 1.29 is 9.21 Å². The Morgan fingerprint density at radius 1 is 1.23 bits per heavy atom. The Bertz CT molecular complexity index is 1220. The minimum atomic E-state index is 0.518. The normalized spacial score (nSPS) is 16.3. The van der Waals surface area contributed by atoms with Gasteiger partial charge < -0.3 is 13.9 Å². The molecule has 7 nitrogen and oxygen atoms in total. The van der Waals surface area contributed by atoms with Crippen LogP contribution in [0.4, 0.5) is 5.82 Å². The first-order chi connectivity index (χ1) is 15.2. The summed E-state index contributed by atoms with van der Waals surface area (Å²) in [5.41, 5.74) is 4.09.